The van der Waals surface area contributed by atoms with Gasteiger partial charge in [-0.15, -0.1) is 10.2 Å². The Balaban J connectivity index is 1.93. The lowest BCUT2D eigenvalue weighted by molar-refractivity contribution is -0.120. The zero-order valence-electron chi connectivity index (χ0n) is 11.6. The number of carbonyl (C=O) groups excluding carboxylic acids is 1. The summed E-state index contributed by atoms with van der Waals surface area (Å²) in [5.74, 6) is 0.664. The largest absolute Gasteiger partial charge is 0.317 e. The summed E-state index contributed by atoms with van der Waals surface area (Å²) < 4.78 is 0. The first-order valence-electron chi connectivity index (χ1n) is 7.09. The average Bonchev–Trinajstić information content (AvgIpc) is 2.89. The maximum Gasteiger partial charge on any atom is 0.229 e. The SMILES string of the molecule is CCC(CC)c1nnc(NC(=O)C2CCNCC2)s1. The van der Waals surface area contributed by atoms with Crippen molar-refractivity contribution in [2.75, 3.05) is 18.4 Å². The van der Waals surface area contributed by atoms with Crippen LogP contribution in [0.3, 0.4) is 0 Å². The third-order valence-corrected chi connectivity index (χ3v) is 4.72. The lowest BCUT2D eigenvalue weighted by Crippen LogP contribution is -2.34. The molecular weight excluding hydrogens is 260 g/mol. The number of anilines is 1. The molecule has 1 saturated heterocycles. The van der Waals surface area contributed by atoms with Crippen molar-refractivity contribution in [3.8, 4) is 0 Å². The molecule has 1 fully saturated rings. The Labute approximate surface area is 118 Å². The summed E-state index contributed by atoms with van der Waals surface area (Å²) in [6.45, 7) is 6.16. The number of aromatic nitrogens is 2. The number of amides is 1. The van der Waals surface area contributed by atoms with E-state index in [0.29, 0.717) is 11.0 Å². The fraction of sp³-hybridized carbons (Fsp3) is 0.769. The van der Waals surface area contributed by atoms with E-state index in [0.717, 1.165) is 43.8 Å². The third kappa shape index (κ3) is 3.73. The van der Waals surface area contributed by atoms with Crippen LogP contribution in [0.25, 0.3) is 0 Å². The molecule has 0 spiro atoms. The Morgan fingerprint density at radius 1 is 1.37 bits per heavy atom. The second-order valence-electron chi connectivity index (χ2n) is 4.97. The molecule has 1 aromatic rings. The van der Waals surface area contributed by atoms with Crippen LogP contribution in [0.5, 0.6) is 0 Å². The molecule has 19 heavy (non-hydrogen) atoms. The van der Waals surface area contributed by atoms with Gasteiger partial charge in [-0.2, -0.15) is 0 Å². The van der Waals surface area contributed by atoms with Crippen LogP contribution in [-0.2, 0) is 4.79 Å². The molecule has 1 aliphatic rings. The van der Waals surface area contributed by atoms with Crippen molar-refractivity contribution < 1.29 is 4.79 Å². The number of nitrogens with one attached hydrogen (secondary N) is 2. The highest BCUT2D eigenvalue weighted by Crippen LogP contribution is 2.28. The maximum atomic E-state index is 12.1. The van der Waals surface area contributed by atoms with Crippen LogP contribution in [0.1, 0.15) is 50.5 Å². The lowest BCUT2D eigenvalue weighted by atomic mass is 9.97. The van der Waals surface area contributed by atoms with Gasteiger partial charge in [-0.25, -0.2) is 0 Å². The Morgan fingerprint density at radius 3 is 2.68 bits per heavy atom. The quantitative estimate of drug-likeness (QED) is 0.870. The van der Waals surface area contributed by atoms with Gasteiger partial charge in [-0.3, -0.25) is 4.79 Å². The van der Waals surface area contributed by atoms with Gasteiger partial charge < -0.3 is 10.6 Å². The monoisotopic (exact) mass is 282 g/mol. The third-order valence-electron chi connectivity index (χ3n) is 3.72. The first-order valence-corrected chi connectivity index (χ1v) is 7.91. The van der Waals surface area contributed by atoms with Gasteiger partial charge in [0.2, 0.25) is 11.0 Å². The van der Waals surface area contributed by atoms with E-state index in [1.54, 1.807) is 0 Å². The van der Waals surface area contributed by atoms with Gasteiger partial charge in [-0.05, 0) is 38.8 Å². The highest BCUT2D eigenvalue weighted by atomic mass is 32.1. The van der Waals surface area contributed by atoms with Crippen molar-refractivity contribution in [3.63, 3.8) is 0 Å². The molecule has 2 N–H and O–H groups in total. The van der Waals surface area contributed by atoms with Gasteiger partial charge in [-0.1, -0.05) is 25.2 Å². The van der Waals surface area contributed by atoms with E-state index in [9.17, 15) is 4.79 Å². The molecule has 0 aliphatic carbocycles. The van der Waals surface area contributed by atoms with Crippen LogP contribution in [0, 0.1) is 5.92 Å². The lowest BCUT2D eigenvalue weighted by Gasteiger charge is -2.20. The van der Waals surface area contributed by atoms with Crippen LogP contribution < -0.4 is 10.6 Å². The van der Waals surface area contributed by atoms with Gasteiger partial charge in [0.15, 0.2) is 0 Å². The number of rotatable bonds is 5. The van der Waals surface area contributed by atoms with E-state index in [1.807, 2.05) is 0 Å². The normalized spacial score (nSPS) is 16.8. The number of carbonyl (C=O) groups is 1. The summed E-state index contributed by atoms with van der Waals surface area (Å²) >= 11 is 1.51. The van der Waals surface area contributed by atoms with Crippen molar-refractivity contribution in [1.29, 1.82) is 0 Å². The average molecular weight is 282 g/mol. The molecule has 1 aliphatic heterocycles. The molecule has 106 valence electrons. The smallest absolute Gasteiger partial charge is 0.229 e. The minimum atomic E-state index is 0.0914. The Kier molecular flexibility index (Phi) is 5.27. The molecule has 5 nitrogen and oxygen atoms in total. The van der Waals surface area contributed by atoms with Crippen LogP contribution >= 0.6 is 11.3 Å². The van der Waals surface area contributed by atoms with E-state index >= 15 is 0 Å². The van der Waals surface area contributed by atoms with Crippen molar-refractivity contribution in [2.24, 2.45) is 5.92 Å². The minimum Gasteiger partial charge on any atom is -0.317 e. The van der Waals surface area contributed by atoms with E-state index < -0.39 is 0 Å². The van der Waals surface area contributed by atoms with Crippen molar-refractivity contribution in [2.45, 2.75) is 45.4 Å². The van der Waals surface area contributed by atoms with Crippen LogP contribution in [-0.4, -0.2) is 29.2 Å². The molecule has 1 amide bonds. The molecule has 1 aromatic heterocycles. The summed E-state index contributed by atoms with van der Waals surface area (Å²) in [6.07, 6.45) is 3.94. The fourth-order valence-electron chi connectivity index (χ4n) is 2.38. The zero-order valence-corrected chi connectivity index (χ0v) is 12.4. The summed E-state index contributed by atoms with van der Waals surface area (Å²) in [4.78, 5) is 12.1. The van der Waals surface area contributed by atoms with E-state index in [1.165, 1.54) is 11.3 Å². The molecule has 2 rings (SSSR count). The molecular formula is C13H22N4OS. The second kappa shape index (κ2) is 6.96. The predicted molar refractivity (Wildman–Crippen MR) is 77.5 cm³/mol. The molecule has 6 heteroatoms. The van der Waals surface area contributed by atoms with E-state index in [4.69, 9.17) is 0 Å². The van der Waals surface area contributed by atoms with Crippen molar-refractivity contribution >= 4 is 22.4 Å². The summed E-state index contributed by atoms with van der Waals surface area (Å²) in [5.41, 5.74) is 0. The van der Waals surface area contributed by atoms with E-state index in [-0.39, 0.29) is 11.8 Å². The van der Waals surface area contributed by atoms with Crippen molar-refractivity contribution in [3.05, 3.63) is 5.01 Å². The Hall–Kier alpha value is -1.01. The molecule has 0 aromatic carbocycles. The first-order chi connectivity index (χ1) is 9.24. The molecule has 0 bridgehead atoms. The highest BCUT2D eigenvalue weighted by molar-refractivity contribution is 7.15. The van der Waals surface area contributed by atoms with Gasteiger partial charge in [0.25, 0.3) is 0 Å². The first kappa shape index (κ1) is 14.4. The highest BCUT2D eigenvalue weighted by Gasteiger charge is 2.22. The molecule has 2 heterocycles. The Morgan fingerprint density at radius 2 is 2.05 bits per heavy atom. The summed E-state index contributed by atoms with van der Waals surface area (Å²) in [5, 5.41) is 16.1. The standard InChI is InChI=1S/C13H22N4OS/c1-3-9(4-2)12-16-17-13(19-12)15-11(18)10-5-7-14-8-6-10/h9-10,14H,3-8H2,1-2H3,(H,15,17,18). The van der Waals surface area contributed by atoms with E-state index in [2.05, 4.69) is 34.7 Å². The second-order valence-corrected chi connectivity index (χ2v) is 5.98. The van der Waals surface area contributed by atoms with Gasteiger partial charge >= 0.3 is 0 Å². The number of nitrogens with zero attached hydrogens (tertiary/aromatic N) is 2. The molecule has 0 saturated carbocycles. The molecule has 0 unspecified atom stereocenters. The van der Waals surface area contributed by atoms with Crippen LogP contribution in [0.15, 0.2) is 0 Å². The Bertz CT molecular complexity index is 411. The van der Waals surface area contributed by atoms with Gasteiger partial charge in [0.1, 0.15) is 5.01 Å². The molecule has 0 radical (unpaired) electrons. The summed E-state index contributed by atoms with van der Waals surface area (Å²) in [6, 6.07) is 0. The maximum absolute atomic E-state index is 12.1. The number of hydrogen-bond donors (Lipinski definition) is 2. The van der Waals surface area contributed by atoms with Crippen LogP contribution in [0.2, 0.25) is 0 Å². The van der Waals surface area contributed by atoms with Gasteiger partial charge in [0, 0.05) is 11.8 Å². The zero-order chi connectivity index (χ0) is 13.7. The minimum absolute atomic E-state index is 0.0914. The summed E-state index contributed by atoms with van der Waals surface area (Å²) in [7, 11) is 0. The topological polar surface area (TPSA) is 66.9 Å². The van der Waals surface area contributed by atoms with Crippen molar-refractivity contribution in [1.82, 2.24) is 15.5 Å². The predicted octanol–water partition coefficient (Wildman–Crippen LogP) is 2.38. The van der Waals surface area contributed by atoms with Gasteiger partial charge in [0.05, 0.1) is 0 Å². The number of hydrogen-bond acceptors (Lipinski definition) is 5. The molecule has 0 atom stereocenters. The fourth-order valence-corrected chi connectivity index (χ4v) is 3.39. The number of piperidine rings is 1. The van der Waals surface area contributed by atoms with Crippen LogP contribution in [0.4, 0.5) is 5.13 Å².